The van der Waals surface area contributed by atoms with Crippen LogP contribution in [0.1, 0.15) is 12.0 Å². The molecule has 0 spiro atoms. The van der Waals surface area contributed by atoms with Crippen LogP contribution < -0.4 is 20.1 Å². The van der Waals surface area contributed by atoms with E-state index in [9.17, 15) is 9.59 Å². The number of amides is 2. The molecule has 2 aromatic rings. The van der Waals surface area contributed by atoms with Crippen molar-refractivity contribution in [3.63, 3.8) is 0 Å². The van der Waals surface area contributed by atoms with Crippen molar-refractivity contribution in [3.05, 3.63) is 48.0 Å². The third-order valence-corrected chi connectivity index (χ3v) is 3.29. The van der Waals surface area contributed by atoms with Crippen LogP contribution in [0.2, 0.25) is 0 Å². The van der Waals surface area contributed by atoms with E-state index in [2.05, 4.69) is 10.6 Å². The van der Waals surface area contributed by atoms with Gasteiger partial charge in [0, 0.05) is 17.4 Å². The topological polar surface area (TPSA) is 100 Å². The maximum atomic E-state index is 12.0. The summed E-state index contributed by atoms with van der Waals surface area (Å²) in [6, 6.07) is 13.3. The first-order chi connectivity index (χ1) is 12.0. The van der Waals surface area contributed by atoms with Gasteiger partial charge in [-0.25, -0.2) is 0 Å². The van der Waals surface area contributed by atoms with E-state index in [1.54, 1.807) is 42.5 Å². The highest BCUT2D eigenvalue weighted by Gasteiger charge is 2.12. The molecular weight excluding hydrogens is 322 g/mol. The van der Waals surface area contributed by atoms with Crippen LogP contribution in [-0.2, 0) is 9.59 Å². The van der Waals surface area contributed by atoms with Crippen LogP contribution in [0.3, 0.4) is 0 Å². The van der Waals surface area contributed by atoms with Crippen molar-refractivity contribution in [2.45, 2.75) is 6.42 Å². The Balaban J connectivity index is 1.93. The third kappa shape index (κ3) is 4.97. The van der Waals surface area contributed by atoms with Gasteiger partial charge in [0.05, 0.1) is 25.9 Å². The number of nitriles is 1. The van der Waals surface area contributed by atoms with Gasteiger partial charge in [0.25, 0.3) is 0 Å². The Morgan fingerprint density at radius 1 is 0.920 bits per heavy atom. The maximum Gasteiger partial charge on any atom is 0.233 e. The van der Waals surface area contributed by atoms with E-state index >= 15 is 0 Å². The molecule has 25 heavy (non-hydrogen) atoms. The number of nitrogens with one attached hydrogen (secondary N) is 2. The quantitative estimate of drug-likeness (QED) is 0.788. The number of carbonyl (C=O) groups excluding carboxylic acids is 2. The highest BCUT2D eigenvalue weighted by Crippen LogP contribution is 2.29. The molecule has 2 amide bonds. The molecule has 0 radical (unpaired) electrons. The number of methoxy groups -OCH3 is 2. The summed E-state index contributed by atoms with van der Waals surface area (Å²) >= 11 is 0. The van der Waals surface area contributed by atoms with Crippen molar-refractivity contribution in [3.8, 4) is 17.6 Å². The summed E-state index contributed by atoms with van der Waals surface area (Å²) in [4.78, 5) is 23.9. The van der Waals surface area contributed by atoms with Crippen LogP contribution in [0.5, 0.6) is 11.5 Å². The molecule has 7 nitrogen and oxygen atoms in total. The molecule has 0 atom stereocenters. The third-order valence-electron chi connectivity index (χ3n) is 3.29. The lowest BCUT2D eigenvalue weighted by Crippen LogP contribution is -2.21. The summed E-state index contributed by atoms with van der Waals surface area (Å²) in [6.07, 6.45) is -0.339. The second kappa shape index (κ2) is 8.36. The van der Waals surface area contributed by atoms with E-state index in [1.807, 2.05) is 6.07 Å². The lowest BCUT2D eigenvalue weighted by molar-refractivity contribution is -0.123. The highest BCUT2D eigenvalue weighted by molar-refractivity contribution is 6.08. The van der Waals surface area contributed by atoms with Crippen LogP contribution in [0.25, 0.3) is 0 Å². The molecular formula is C18H17N3O4. The second-order valence-corrected chi connectivity index (χ2v) is 5.03. The van der Waals surface area contributed by atoms with Crippen LogP contribution >= 0.6 is 0 Å². The Hall–Kier alpha value is -3.53. The Morgan fingerprint density at radius 3 is 2.04 bits per heavy atom. The minimum Gasteiger partial charge on any atom is -0.493 e. The van der Waals surface area contributed by atoms with Gasteiger partial charge in [-0.15, -0.1) is 0 Å². The van der Waals surface area contributed by atoms with Gasteiger partial charge in [-0.3, -0.25) is 9.59 Å². The smallest absolute Gasteiger partial charge is 0.233 e. The number of hydrogen-bond donors (Lipinski definition) is 2. The molecule has 7 heteroatoms. The molecule has 0 fully saturated rings. The molecule has 0 saturated heterocycles. The molecule has 0 heterocycles. The van der Waals surface area contributed by atoms with Crippen molar-refractivity contribution in [2.75, 3.05) is 24.9 Å². The summed E-state index contributed by atoms with van der Waals surface area (Å²) < 4.78 is 10.3. The van der Waals surface area contributed by atoms with Crippen molar-refractivity contribution in [1.82, 2.24) is 0 Å². The minimum atomic E-state index is -0.460. The van der Waals surface area contributed by atoms with Gasteiger partial charge in [-0.05, 0) is 36.4 Å². The number of benzene rings is 2. The molecule has 0 aliphatic carbocycles. The minimum absolute atomic E-state index is 0.339. The first-order valence-electron chi connectivity index (χ1n) is 7.37. The zero-order valence-electron chi connectivity index (χ0n) is 13.8. The zero-order valence-corrected chi connectivity index (χ0v) is 13.8. The van der Waals surface area contributed by atoms with Crippen molar-refractivity contribution < 1.29 is 19.1 Å². The first kappa shape index (κ1) is 17.8. The fraction of sp³-hybridized carbons (Fsp3) is 0.167. The zero-order chi connectivity index (χ0) is 18.2. The predicted octanol–water partition coefficient (Wildman–Crippen LogP) is 2.54. The molecule has 2 aromatic carbocycles. The fourth-order valence-corrected chi connectivity index (χ4v) is 2.10. The van der Waals surface area contributed by atoms with E-state index in [4.69, 9.17) is 14.7 Å². The van der Waals surface area contributed by atoms with E-state index in [0.717, 1.165) is 0 Å². The summed E-state index contributed by atoms with van der Waals surface area (Å²) in [7, 11) is 3.01. The van der Waals surface area contributed by atoms with Crippen molar-refractivity contribution in [2.24, 2.45) is 0 Å². The Bertz CT molecular complexity index is 810. The largest absolute Gasteiger partial charge is 0.493 e. The molecule has 2 rings (SSSR count). The van der Waals surface area contributed by atoms with Crippen LogP contribution in [0.4, 0.5) is 11.4 Å². The molecule has 0 aliphatic heterocycles. The summed E-state index contributed by atoms with van der Waals surface area (Å²) in [5, 5.41) is 14.0. The van der Waals surface area contributed by atoms with Gasteiger partial charge in [-0.2, -0.15) is 5.26 Å². The first-order valence-corrected chi connectivity index (χ1v) is 7.37. The summed E-state index contributed by atoms with van der Waals surface area (Å²) in [5.41, 5.74) is 1.50. The lowest BCUT2D eigenvalue weighted by atomic mass is 10.2. The fourth-order valence-electron chi connectivity index (χ4n) is 2.10. The van der Waals surface area contributed by atoms with Gasteiger partial charge < -0.3 is 20.1 Å². The number of rotatable bonds is 6. The average Bonchev–Trinajstić information content (AvgIpc) is 2.62. The SMILES string of the molecule is COc1ccc(NC(=O)CC(=O)Nc2ccc(C#N)cc2)cc1OC. The normalized spacial score (nSPS) is 9.64. The molecule has 2 N–H and O–H groups in total. The second-order valence-electron chi connectivity index (χ2n) is 5.03. The van der Waals surface area contributed by atoms with Crippen LogP contribution in [0.15, 0.2) is 42.5 Å². The molecule has 0 aliphatic rings. The van der Waals surface area contributed by atoms with Crippen molar-refractivity contribution in [1.29, 1.82) is 5.26 Å². The number of hydrogen-bond acceptors (Lipinski definition) is 5. The monoisotopic (exact) mass is 339 g/mol. The van der Waals surface area contributed by atoms with Crippen molar-refractivity contribution >= 4 is 23.2 Å². The average molecular weight is 339 g/mol. The van der Waals surface area contributed by atoms with Gasteiger partial charge in [-0.1, -0.05) is 0 Å². The Kier molecular flexibility index (Phi) is 5.96. The van der Waals surface area contributed by atoms with Crippen LogP contribution in [0, 0.1) is 11.3 Å². The number of carbonyl (C=O) groups is 2. The van der Waals surface area contributed by atoms with Crippen LogP contribution in [-0.4, -0.2) is 26.0 Å². The predicted molar refractivity (Wildman–Crippen MR) is 92.6 cm³/mol. The van der Waals surface area contributed by atoms with Gasteiger partial charge >= 0.3 is 0 Å². The Morgan fingerprint density at radius 2 is 1.48 bits per heavy atom. The van der Waals surface area contributed by atoms with E-state index in [1.165, 1.54) is 14.2 Å². The summed E-state index contributed by atoms with van der Waals surface area (Å²) in [5.74, 6) is 0.0995. The van der Waals surface area contributed by atoms with Gasteiger partial charge in [0.2, 0.25) is 11.8 Å². The molecule has 0 bridgehead atoms. The lowest BCUT2D eigenvalue weighted by Gasteiger charge is -2.10. The van der Waals surface area contributed by atoms with E-state index in [0.29, 0.717) is 28.4 Å². The number of ether oxygens (including phenoxy) is 2. The van der Waals surface area contributed by atoms with E-state index < -0.39 is 11.8 Å². The molecule has 128 valence electrons. The summed E-state index contributed by atoms with van der Waals surface area (Å²) in [6.45, 7) is 0. The standard InChI is InChI=1S/C18H17N3O4/c1-24-15-8-7-14(9-16(15)25-2)21-18(23)10-17(22)20-13-5-3-12(11-19)4-6-13/h3-9H,10H2,1-2H3,(H,20,22)(H,21,23). The molecule has 0 saturated carbocycles. The number of nitrogens with zero attached hydrogens (tertiary/aromatic N) is 1. The number of anilines is 2. The Labute approximate surface area is 145 Å². The van der Waals surface area contributed by atoms with Gasteiger partial charge in [0.15, 0.2) is 11.5 Å². The van der Waals surface area contributed by atoms with E-state index in [-0.39, 0.29) is 6.42 Å². The van der Waals surface area contributed by atoms with Gasteiger partial charge in [0.1, 0.15) is 6.42 Å². The molecule has 0 aromatic heterocycles. The maximum absolute atomic E-state index is 12.0. The highest BCUT2D eigenvalue weighted by atomic mass is 16.5. The molecule has 0 unspecified atom stereocenters.